The Morgan fingerprint density at radius 2 is 1.77 bits per heavy atom. The zero-order chi connectivity index (χ0) is 18.4. The van der Waals surface area contributed by atoms with E-state index in [0.29, 0.717) is 0 Å². The minimum atomic E-state index is -1.04. The fourth-order valence-electron chi connectivity index (χ4n) is 3.33. The zero-order valence-electron chi connectivity index (χ0n) is 15.1. The summed E-state index contributed by atoms with van der Waals surface area (Å²) < 4.78 is 0. The van der Waals surface area contributed by atoms with Crippen LogP contribution in [0.2, 0.25) is 0 Å². The molecular formula is C22H26N2O2. The van der Waals surface area contributed by atoms with Crippen molar-refractivity contribution in [3.63, 3.8) is 0 Å². The summed E-state index contributed by atoms with van der Waals surface area (Å²) in [7, 11) is 0. The molecule has 0 aliphatic heterocycles. The predicted molar refractivity (Wildman–Crippen MR) is 106 cm³/mol. The Morgan fingerprint density at radius 1 is 1.04 bits per heavy atom. The van der Waals surface area contributed by atoms with E-state index in [1.807, 2.05) is 12.1 Å². The van der Waals surface area contributed by atoms with Crippen LogP contribution >= 0.6 is 0 Å². The lowest BCUT2D eigenvalue weighted by Gasteiger charge is -2.04. The smallest absolute Gasteiger partial charge is 0.146 e. The van der Waals surface area contributed by atoms with Crippen LogP contribution in [0.15, 0.2) is 54.6 Å². The molecular weight excluding hydrogens is 324 g/mol. The molecule has 3 rings (SSSR count). The van der Waals surface area contributed by atoms with Crippen molar-refractivity contribution < 1.29 is 10.3 Å². The molecule has 0 aliphatic carbocycles. The van der Waals surface area contributed by atoms with Crippen molar-refractivity contribution in [3.05, 3.63) is 77.0 Å². The number of aromatic amines is 1. The Morgan fingerprint density at radius 3 is 2.54 bits per heavy atom. The van der Waals surface area contributed by atoms with Crippen molar-refractivity contribution in [2.75, 3.05) is 0 Å². The number of aryl methyl sites for hydroxylation is 3. The largest absolute Gasteiger partial charge is 0.373 e. The fourth-order valence-corrected chi connectivity index (χ4v) is 3.33. The van der Waals surface area contributed by atoms with Crippen LogP contribution in [0.1, 0.15) is 35.2 Å². The van der Waals surface area contributed by atoms with Crippen LogP contribution in [0.3, 0.4) is 0 Å². The number of fused-ring (bicyclic) bond motifs is 1. The van der Waals surface area contributed by atoms with E-state index in [-0.39, 0.29) is 0 Å². The molecule has 0 radical (unpaired) electrons. The number of aliphatic hydroxyl groups excluding tert-OH is 1. The van der Waals surface area contributed by atoms with E-state index in [1.54, 1.807) is 11.6 Å². The number of hydrogen-bond acceptors (Lipinski definition) is 3. The number of aliphatic hydroxyl groups is 1. The third-order valence-electron chi connectivity index (χ3n) is 4.75. The van der Waals surface area contributed by atoms with Crippen molar-refractivity contribution >= 4 is 17.0 Å². The van der Waals surface area contributed by atoms with E-state index >= 15 is 0 Å². The lowest BCUT2D eigenvalue weighted by atomic mass is 10.0. The quantitative estimate of drug-likeness (QED) is 0.277. The summed E-state index contributed by atoms with van der Waals surface area (Å²) in [6, 6.07) is 16.8. The van der Waals surface area contributed by atoms with E-state index in [4.69, 9.17) is 5.21 Å². The van der Waals surface area contributed by atoms with Crippen LogP contribution < -0.4 is 5.48 Å². The summed E-state index contributed by atoms with van der Waals surface area (Å²) in [5.41, 5.74) is 8.04. The van der Waals surface area contributed by atoms with Crippen LogP contribution in [0.4, 0.5) is 0 Å². The highest BCUT2D eigenvalue weighted by Crippen LogP contribution is 2.23. The van der Waals surface area contributed by atoms with Gasteiger partial charge >= 0.3 is 0 Å². The Bertz CT molecular complexity index is 865. The second kappa shape index (κ2) is 8.81. The molecule has 1 heterocycles. The van der Waals surface area contributed by atoms with Crippen LogP contribution in [0.5, 0.6) is 0 Å². The number of nitrogens with one attached hydrogen (secondary N) is 2. The van der Waals surface area contributed by atoms with Gasteiger partial charge in [-0.05, 0) is 61.4 Å². The van der Waals surface area contributed by atoms with Gasteiger partial charge < -0.3 is 15.3 Å². The molecule has 0 aliphatic rings. The highest BCUT2D eigenvalue weighted by Gasteiger charge is 2.07. The van der Waals surface area contributed by atoms with Crippen molar-refractivity contribution in [2.24, 2.45) is 0 Å². The van der Waals surface area contributed by atoms with Crippen LogP contribution in [-0.4, -0.2) is 21.5 Å². The molecule has 1 atom stereocenters. The van der Waals surface area contributed by atoms with Crippen molar-refractivity contribution in [1.29, 1.82) is 0 Å². The molecule has 0 saturated carbocycles. The van der Waals surface area contributed by atoms with E-state index < -0.39 is 6.23 Å². The van der Waals surface area contributed by atoms with Crippen molar-refractivity contribution in [2.45, 2.75) is 38.8 Å². The molecule has 0 fully saturated rings. The van der Waals surface area contributed by atoms with Crippen LogP contribution in [-0.2, 0) is 12.8 Å². The summed E-state index contributed by atoms with van der Waals surface area (Å²) in [4.78, 5) is 3.47. The number of benzene rings is 2. The third-order valence-corrected chi connectivity index (χ3v) is 4.75. The Balaban J connectivity index is 1.50. The summed E-state index contributed by atoms with van der Waals surface area (Å²) in [6.07, 6.45) is 6.72. The Kier molecular flexibility index (Phi) is 6.23. The number of aromatic nitrogens is 1. The van der Waals surface area contributed by atoms with E-state index in [1.165, 1.54) is 40.2 Å². The molecule has 4 N–H and O–H groups in total. The first-order valence-corrected chi connectivity index (χ1v) is 9.08. The third kappa shape index (κ3) is 4.61. The lowest BCUT2D eigenvalue weighted by Crippen LogP contribution is -2.21. The van der Waals surface area contributed by atoms with Gasteiger partial charge in [0, 0.05) is 16.6 Å². The van der Waals surface area contributed by atoms with Gasteiger partial charge in [0.1, 0.15) is 6.23 Å². The van der Waals surface area contributed by atoms with Crippen molar-refractivity contribution in [3.8, 4) is 0 Å². The van der Waals surface area contributed by atoms with Gasteiger partial charge in [-0.15, -0.1) is 0 Å². The second-order valence-electron chi connectivity index (χ2n) is 6.66. The number of rotatable bonds is 8. The van der Waals surface area contributed by atoms with E-state index in [0.717, 1.165) is 24.8 Å². The summed E-state index contributed by atoms with van der Waals surface area (Å²) in [5, 5.41) is 19.1. The summed E-state index contributed by atoms with van der Waals surface area (Å²) in [5.74, 6) is 0. The highest BCUT2D eigenvalue weighted by atomic mass is 16.5. The number of H-pyrrole nitrogens is 1. The number of unbranched alkanes of at least 4 members (excludes halogenated alkanes) is 1. The average Bonchev–Trinajstić information content (AvgIpc) is 2.99. The monoisotopic (exact) mass is 350 g/mol. The maximum absolute atomic E-state index is 9.23. The molecule has 1 aromatic heterocycles. The van der Waals surface area contributed by atoms with Gasteiger partial charge in [-0.25, -0.2) is 0 Å². The van der Waals surface area contributed by atoms with Gasteiger partial charge in [0.2, 0.25) is 0 Å². The first-order valence-electron chi connectivity index (χ1n) is 9.08. The van der Waals surface area contributed by atoms with Gasteiger partial charge in [-0.3, -0.25) is 0 Å². The Hall–Kier alpha value is -2.40. The minimum absolute atomic E-state index is 0.998. The molecule has 26 heavy (non-hydrogen) atoms. The highest BCUT2D eigenvalue weighted by molar-refractivity contribution is 5.84. The van der Waals surface area contributed by atoms with Crippen LogP contribution in [0, 0.1) is 6.92 Å². The van der Waals surface area contributed by atoms with Gasteiger partial charge in [0.25, 0.3) is 0 Å². The molecule has 3 aromatic rings. The average molecular weight is 350 g/mol. The van der Waals surface area contributed by atoms with Crippen molar-refractivity contribution in [1.82, 2.24) is 10.5 Å². The summed E-state index contributed by atoms with van der Waals surface area (Å²) in [6.45, 7) is 2.16. The minimum Gasteiger partial charge on any atom is -0.373 e. The molecule has 0 bridgehead atoms. The molecule has 0 amide bonds. The molecule has 0 unspecified atom stereocenters. The van der Waals surface area contributed by atoms with Gasteiger partial charge in [-0.1, -0.05) is 48.5 Å². The first kappa shape index (κ1) is 18.4. The second-order valence-corrected chi connectivity index (χ2v) is 6.66. The summed E-state index contributed by atoms with van der Waals surface area (Å²) >= 11 is 0. The first-order chi connectivity index (χ1) is 12.7. The van der Waals surface area contributed by atoms with E-state index in [2.05, 4.69) is 48.3 Å². The maximum Gasteiger partial charge on any atom is 0.146 e. The SMILES string of the molecule is Cc1[nH]c2ccccc2c1CCCCc1ccc(/C=C/[C@@H](O)NO)cc1. The standard InChI is InChI=1S/C22H26N2O2/c1-16-19(20-8-4-5-9-21(20)23-16)7-3-2-6-17-10-12-18(13-11-17)14-15-22(25)24-26/h4-5,8-15,22-26H,2-3,6-7H2,1H3/b15-14+/t22-/m1/s1. The van der Waals surface area contributed by atoms with Gasteiger partial charge in [0.15, 0.2) is 0 Å². The topological polar surface area (TPSA) is 68.3 Å². The predicted octanol–water partition coefficient (Wildman–Crippen LogP) is 4.35. The molecule has 0 spiro atoms. The van der Waals surface area contributed by atoms with Gasteiger partial charge in [0.05, 0.1) is 0 Å². The van der Waals surface area contributed by atoms with Gasteiger partial charge in [-0.2, -0.15) is 5.48 Å². The zero-order valence-corrected chi connectivity index (χ0v) is 15.1. The van der Waals surface area contributed by atoms with Crippen LogP contribution in [0.25, 0.3) is 17.0 Å². The molecule has 2 aromatic carbocycles. The number of hydroxylamine groups is 1. The Labute approximate surface area is 154 Å². The fraction of sp³-hybridized carbons (Fsp3) is 0.273. The van der Waals surface area contributed by atoms with E-state index in [9.17, 15) is 5.11 Å². The maximum atomic E-state index is 9.23. The lowest BCUT2D eigenvalue weighted by molar-refractivity contribution is 0.0323. The molecule has 136 valence electrons. The number of para-hydroxylation sites is 1. The molecule has 0 saturated heterocycles. The number of hydrogen-bond donors (Lipinski definition) is 4. The molecule has 4 heteroatoms. The normalized spacial score (nSPS) is 12.9. The molecule has 4 nitrogen and oxygen atoms in total.